The van der Waals surface area contributed by atoms with E-state index in [0.29, 0.717) is 5.13 Å². The fraction of sp³-hybridized carbons (Fsp3) is 0.353. The predicted molar refractivity (Wildman–Crippen MR) is 95.9 cm³/mol. The van der Waals surface area contributed by atoms with Gasteiger partial charge >= 0.3 is 5.97 Å². The molecule has 1 heterocycles. The van der Waals surface area contributed by atoms with Crippen molar-refractivity contribution in [2.75, 3.05) is 12.4 Å². The van der Waals surface area contributed by atoms with Crippen molar-refractivity contribution in [3.63, 3.8) is 0 Å². The van der Waals surface area contributed by atoms with Crippen LogP contribution in [0, 0.1) is 10.1 Å². The van der Waals surface area contributed by atoms with Crippen molar-refractivity contribution < 1.29 is 19.2 Å². The number of methoxy groups -OCH3 is 1. The second-order valence-electron chi connectivity index (χ2n) is 6.65. The molecule has 136 valence electrons. The highest BCUT2D eigenvalue weighted by molar-refractivity contribution is 7.16. The predicted octanol–water partition coefficient (Wildman–Crippen LogP) is 3.31. The van der Waals surface area contributed by atoms with Gasteiger partial charge in [0, 0.05) is 28.0 Å². The van der Waals surface area contributed by atoms with E-state index >= 15 is 0 Å². The smallest absolute Gasteiger partial charge is 0.338 e. The van der Waals surface area contributed by atoms with Crippen LogP contribution in [0.25, 0.3) is 0 Å². The molecule has 26 heavy (non-hydrogen) atoms. The van der Waals surface area contributed by atoms with Gasteiger partial charge in [-0.05, 0) is 18.9 Å². The van der Waals surface area contributed by atoms with Crippen molar-refractivity contribution in [3.05, 3.63) is 50.0 Å². The van der Waals surface area contributed by atoms with Crippen LogP contribution in [0.2, 0.25) is 0 Å². The number of anilines is 1. The van der Waals surface area contributed by atoms with Gasteiger partial charge in [0.05, 0.1) is 23.3 Å². The number of amides is 1. The number of nitrogens with one attached hydrogen (secondary N) is 1. The van der Waals surface area contributed by atoms with Gasteiger partial charge < -0.3 is 4.74 Å². The largest absolute Gasteiger partial charge is 0.465 e. The molecule has 0 bridgehead atoms. The Kier molecular flexibility index (Phi) is 4.49. The second-order valence-corrected chi connectivity index (χ2v) is 7.73. The number of carbonyl (C=O) groups excluding carboxylic acids is 2. The second kappa shape index (κ2) is 6.49. The van der Waals surface area contributed by atoms with E-state index in [9.17, 15) is 19.7 Å². The van der Waals surface area contributed by atoms with E-state index in [-0.39, 0.29) is 22.2 Å². The number of hydrogen-bond acceptors (Lipinski definition) is 7. The summed E-state index contributed by atoms with van der Waals surface area (Å²) in [6, 6.07) is 3.45. The van der Waals surface area contributed by atoms with Crippen LogP contribution in [-0.4, -0.2) is 28.9 Å². The molecule has 1 aromatic carbocycles. The van der Waals surface area contributed by atoms with E-state index in [2.05, 4.69) is 28.9 Å². The zero-order valence-corrected chi connectivity index (χ0v) is 15.3. The number of nitro groups is 1. The van der Waals surface area contributed by atoms with Crippen molar-refractivity contribution in [1.82, 2.24) is 4.98 Å². The molecule has 0 radical (unpaired) electrons. The highest BCUT2D eigenvalue weighted by atomic mass is 32.1. The third-order valence-electron chi connectivity index (χ3n) is 4.35. The maximum absolute atomic E-state index is 12.5. The van der Waals surface area contributed by atoms with E-state index < -0.39 is 16.8 Å². The van der Waals surface area contributed by atoms with Crippen LogP contribution in [-0.2, 0) is 16.6 Å². The van der Waals surface area contributed by atoms with Gasteiger partial charge in [0.1, 0.15) is 0 Å². The molecule has 0 saturated carbocycles. The Morgan fingerprint density at radius 1 is 1.31 bits per heavy atom. The fourth-order valence-electron chi connectivity index (χ4n) is 2.90. The molecule has 0 fully saturated rings. The highest BCUT2D eigenvalue weighted by Gasteiger charge is 2.34. The Morgan fingerprint density at radius 3 is 2.62 bits per heavy atom. The molecule has 0 saturated heterocycles. The molecule has 2 aromatic rings. The van der Waals surface area contributed by atoms with Gasteiger partial charge in [-0.2, -0.15) is 0 Å². The molecular weight excluding hydrogens is 358 g/mol. The number of ether oxygens (including phenoxy) is 1. The number of aromatic nitrogens is 1. The zero-order chi connectivity index (χ0) is 19.1. The topological polar surface area (TPSA) is 111 Å². The lowest BCUT2D eigenvalue weighted by atomic mass is 9.91. The van der Waals surface area contributed by atoms with Crippen molar-refractivity contribution in [2.45, 2.75) is 32.1 Å². The normalized spacial score (nSPS) is 14.6. The van der Waals surface area contributed by atoms with Crippen molar-refractivity contribution in [2.24, 2.45) is 0 Å². The SMILES string of the molecule is COC(=O)c1cc(C(=O)Nc2nc3c(s2)CCC3(C)C)cc([N+](=O)[O-])c1. The van der Waals surface area contributed by atoms with E-state index in [1.165, 1.54) is 24.5 Å². The molecule has 3 rings (SSSR count). The monoisotopic (exact) mass is 375 g/mol. The third kappa shape index (κ3) is 3.30. The molecule has 1 aliphatic rings. The third-order valence-corrected chi connectivity index (χ3v) is 5.38. The summed E-state index contributed by atoms with van der Waals surface area (Å²) in [5, 5.41) is 14.2. The number of hydrogen-bond donors (Lipinski definition) is 1. The lowest BCUT2D eigenvalue weighted by Crippen LogP contribution is -2.16. The summed E-state index contributed by atoms with van der Waals surface area (Å²) in [7, 11) is 1.17. The number of thiazole rings is 1. The van der Waals surface area contributed by atoms with Crippen molar-refractivity contribution >= 4 is 34.0 Å². The van der Waals surface area contributed by atoms with Crippen LogP contribution in [0.3, 0.4) is 0 Å². The van der Waals surface area contributed by atoms with Crippen molar-refractivity contribution in [3.8, 4) is 0 Å². The molecule has 1 N–H and O–H groups in total. The van der Waals surface area contributed by atoms with E-state index in [1.807, 2.05) is 0 Å². The first-order valence-electron chi connectivity index (χ1n) is 7.90. The summed E-state index contributed by atoms with van der Waals surface area (Å²) in [4.78, 5) is 40.3. The molecule has 0 atom stereocenters. The maximum Gasteiger partial charge on any atom is 0.338 e. The molecule has 0 spiro atoms. The average molecular weight is 375 g/mol. The first-order chi connectivity index (χ1) is 12.2. The van der Waals surface area contributed by atoms with Gasteiger partial charge in [-0.15, -0.1) is 11.3 Å². The number of rotatable bonds is 4. The minimum atomic E-state index is -0.752. The Hall–Kier alpha value is -2.81. The summed E-state index contributed by atoms with van der Waals surface area (Å²) in [6.45, 7) is 4.21. The van der Waals surface area contributed by atoms with Crippen LogP contribution < -0.4 is 5.32 Å². The van der Waals surface area contributed by atoms with Gasteiger partial charge in [0.2, 0.25) is 0 Å². The van der Waals surface area contributed by atoms with Crippen LogP contribution in [0.4, 0.5) is 10.8 Å². The summed E-state index contributed by atoms with van der Waals surface area (Å²) >= 11 is 1.40. The van der Waals surface area contributed by atoms with Gasteiger partial charge in [0.25, 0.3) is 11.6 Å². The average Bonchev–Trinajstić information content (AvgIpc) is 3.13. The number of non-ortho nitro benzene ring substituents is 1. The number of fused-ring (bicyclic) bond motifs is 1. The van der Waals surface area contributed by atoms with E-state index in [0.717, 1.165) is 35.5 Å². The molecule has 8 nitrogen and oxygen atoms in total. The standard InChI is InChI=1S/C17H17N3O5S/c1-17(2)5-4-12-13(17)18-16(26-12)19-14(21)9-6-10(15(22)25-3)8-11(7-9)20(23)24/h6-8H,4-5H2,1-3H3,(H,18,19,21). The first-order valence-corrected chi connectivity index (χ1v) is 8.72. The zero-order valence-electron chi connectivity index (χ0n) is 14.5. The molecule has 1 aromatic heterocycles. The number of benzene rings is 1. The minimum absolute atomic E-state index is 0.00535. The molecular formula is C17H17N3O5S. The van der Waals surface area contributed by atoms with E-state index in [1.54, 1.807) is 0 Å². The van der Waals surface area contributed by atoms with Gasteiger partial charge in [-0.3, -0.25) is 20.2 Å². The van der Waals surface area contributed by atoms with Gasteiger partial charge in [-0.25, -0.2) is 9.78 Å². The van der Waals surface area contributed by atoms with Crippen LogP contribution in [0.1, 0.15) is 51.6 Å². The Labute approximate surface area is 153 Å². The van der Waals surface area contributed by atoms with E-state index in [4.69, 9.17) is 0 Å². The van der Waals surface area contributed by atoms with Gasteiger partial charge in [0.15, 0.2) is 5.13 Å². The quantitative estimate of drug-likeness (QED) is 0.498. The van der Waals surface area contributed by atoms with Crippen LogP contribution in [0.15, 0.2) is 18.2 Å². The number of aryl methyl sites for hydroxylation is 1. The highest BCUT2D eigenvalue weighted by Crippen LogP contribution is 2.42. The fourth-order valence-corrected chi connectivity index (χ4v) is 4.04. The molecule has 0 unspecified atom stereocenters. The summed E-state index contributed by atoms with van der Waals surface area (Å²) in [5.74, 6) is -1.32. The van der Waals surface area contributed by atoms with Crippen LogP contribution >= 0.6 is 11.3 Å². The number of esters is 1. The molecule has 1 aliphatic carbocycles. The Morgan fingerprint density at radius 2 is 2.00 bits per heavy atom. The minimum Gasteiger partial charge on any atom is -0.465 e. The van der Waals surface area contributed by atoms with Crippen molar-refractivity contribution in [1.29, 1.82) is 0 Å². The van der Waals surface area contributed by atoms with Gasteiger partial charge in [-0.1, -0.05) is 13.8 Å². The summed E-state index contributed by atoms with van der Waals surface area (Å²) in [6.07, 6.45) is 1.93. The molecule has 1 amide bonds. The Bertz CT molecular complexity index is 919. The lowest BCUT2D eigenvalue weighted by Gasteiger charge is -2.15. The first kappa shape index (κ1) is 18.0. The molecule has 9 heteroatoms. The van der Waals surface area contributed by atoms with Crippen LogP contribution in [0.5, 0.6) is 0 Å². The number of nitrogens with zero attached hydrogens (tertiary/aromatic N) is 2. The Balaban J connectivity index is 1.89. The summed E-state index contributed by atoms with van der Waals surface area (Å²) in [5.41, 5.74) is 0.523. The lowest BCUT2D eigenvalue weighted by molar-refractivity contribution is -0.384. The summed E-state index contributed by atoms with van der Waals surface area (Å²) < 4.78 is 4.58. The number of nitro benzene ring substituents is 1. The number of carbonyl (C=O) groups is 2. The molecule has 0 aliphatic heterocycles. The maximum atomic E-state index is 12.5.